The first-order valence-electron chi connectivity index (χ1n) is 5.83. The molecule has 0 amide bonds. The number of carbonyl (C=O) groups excluding carboxylic acids is 1. The van der Waals surface area contributed by atoms with E-state index in [9.17, 15) is 4.79 Å². The molecule has 0 spiro atoms. The summed E-state index contributed by atoms with van der Waals surface area (Å²) in [6, 6.07) is 18.0. The van der Waals surface area contributed by atoms with E-state index < -0.39 is 0 Å². The highest BCUT2D eigenvalue weighted by molar-refractivity contribution is 5.81. The molecule has 2 heteroatoms. The van der Waals surface area contributed by atoms with Gasteiger partial charge in [-0.1, -0.05) is 30.3 Å². The Morgan fingerprint density at radius 2 is 1.56 bits per heavy atom. The quantitative estimate of drug-likeness (QED) is 0.642. The third-order valence-electron chi connectivity index (χ3n) is 2.55. The van der Waals surface area contributed by atoms with Crippen LogP contribution in [0.2, 0.25) is 0 Å². The average molecular weight is 237 g/mol. The Morgan fingerprint density at radius 3 is 2.17 bits per heavy atom. The van der Waals surface area contributed by atoms with Gasteiger partial charge in [0, 0.05) is 11.4 Å². The molecule has 0 aliphatic rings. The normalized spacial score (nSPS) is 11.1. The van der Waals surface area contributed by atoms with Gasteiger partial charge in [0.1, 0.15) is 6.29 Å². The fraction of sp³-hybridized carbons (Fsp3) is 0.0625. The first kappa shape index (κ1) is 12.1. The summed E-state index contributed by atoms with van der Waals surface area (Å²) in [6.07, 6.45) is 2.72. The topological polar surface area (TPSA) is 29.1 Å². The van der Waals surface area contributed by atoms with E-state index in [1.54, 1.807) is 6.92 Å². The summed E-state index contributed by atoms with van der Waals surface area (Å²) < 4.78 is 0. The van der Waals surface area contributed by atoms with Crippen LogP contribution in [0.3, 0.4) is 0 Å². The summed E-state index contributed by atoms with van der Waals surface area (Å²) in [4.78, 5) is 10.5. The highest BCUT2D eigenvalue weighted by atomic mass is 16.1. The van der Waals surface area contributed by atoms with Crippen molar-refractivity contribution >= 4 is 23.7 Å². The molecule has 0 saturated heterocycles. The number of hydrogen-bond acceptors (Lipinski definition) is 2. The van der Waals surface area contributed by atoms with Gasteiger partial charge in [0.05, 0.1) is 0 Å². The molecule has 0 fully saturated rings. The van der Waals surface area contributed by atoms with Gasteiger partial charge in [0.2, 0.25) is 0 Å². The van der Waals surface area contributed by atoms with Crippen LogP contribution in [0.15, 0.2) is 60.2 Å². The van der Waals surface area contributed by atoms with E-state index in [4.69, 9.17) is 0 Å². The molecular weight excluding hydrogens is 222 g/mol. The predicted octanol–water partition coefficient (Wildman–Crippen LogP) is 4.03. The van der Waals surface area contributed by atoms with Crippen LogP contribution in [0.25, 0.3) is 6.08 Å². The molecule has 2 aromatic carbocycles. The van der Waals surface area contributed by atoms with Gasteiger partial charge in [0.25, 0.3) is 0 Å². The Balaban J connectivity index is 2.11. The second kappa shape index (κ2) is 5.82. The molecule has 0 atom stereocenters. The molecule has 90 valence electrons. The molecule has 2 aromatic rings. The Morgan fingerprint density at radius 1 is 0.944 bits per heavy atom. The van der Waals surface area contributed by atoms with Crippen molar-refractivity contribution in [1.82, 2.24) is 0 Å². The molecule has 0 radical (unpaired) electrons. The number of benzene rings is 2. The minimum absolute atomic E-state index is 0.721. The monoisotopic (exact) mass is 237 g/mol. The van der Waals surface area contributed by atoms with Crippen molar-refractivity contribution in [1.29, 1.82) is 0 Å². The summed E-state index contributed by atoms with van der Waals surface area (Å²) in [6.45, 7) is 1.79. The maximum Gasteiger partial charge on any atom is 0.145 e. The Hall–Kier alpha value is -2.35. The maximum absolute atomic E-state index is 10.5. The molecule has 0 aliphatic heterocycles. The van der Waals surface area contributed by atoms with Gasteiger partial charge in [0.15, 0.2) is 0 Å². The molecule has 18 heavy (non-hydrogen) atoms. The van der Waals surface area contributed by atoms with Crippen LogP contribution in [-0.2, 0) is 4.79 Å². The van der Waals surface area contributed by atoms with E-state index in [0.717, 1.165) is 28.8 Å². The number of hydrogen-bond donors (Lipinski definition) is 1. The number of para-hydroxylation sites is 1. The Bertz CT molecular complexity index is 541. The molecule has 0 unspecified atom stereocenters. The van der Waals surface area contributed by atoms with Crippen molar-refractivity contribution in [3.63, 3.8) is 0 Å². The minimum Gasteiger partial charge on any atom is -0.356 e. The number of rotatable bonds is 4. The fourth-order valence-corrected chi connectivity index (χ4v) is 1.65. The van der Waals surface area contributed by atoms with E-state index in [1.807, 2.05) is 60.7 Å². The van der Waals surface area contributed by atoms with E-state index in [0.29, 0.717) is 0 Å². The zero-order chi connectivity index (χ0) is 12.8. The van der Waals surface area contributed by atoms with Gasteiger partial charge in [-0.25, -0.2) is 0 Å². The van der Waals surface area contributed by atoms with Crippen LogP contribution in [0.1, 0.15) is 12.5 Å². The van der Waals surface area contributed by atoms with Crippen LogP contribution < -0.4 is 5.32 Å². The van der Waals surface area contributed by atoms with Gasteiger partial charge >= 0.3 is 0 Å². The van der Waals surface area contributed by atoms with Crippen molar-refractivity contribution in [2.75, 3.05) is 5.32 Å². The third-order valence-corrected chi connectivity index (χ3v) is 2.55. The summed E-state index contributed by atoms with van der Waals surface area (Å²) in [5, 5.41) is 3.31. The molecule has 2 rings (SSSR count). The highest BCUT2D eigenvalue weighted by Crippen LogP contribution is 2.17. The van der Waals surface area contributed by atoms with Crippen LogP contribution in [-0.4, -0.2) is 6.29 Å². The smallest absolute Gasteiger partial charge is 0.145 e. The lowest BCUT2D eigenvalue weighted by atomic mass is 10.1. The standard InChI is InChI=1S/C16H15NO/c1-13(12-18)11-14-7-9-16(10-8-14)17-15-5-3-2-4-6-15/h2-12,17H,1H3. The summed E-state index contributed by atoms with van der Waals surface area (Å²) in [5.41, 5.74) is 3.84. The predicted molar refractivity (Wildman–Crippen MR) is 75.9 cm³/mol. The number of nitrogens with one attached hydrogen (secondary N) is 1. The zero-order valence-electron chi connectivity index (χ0n) is 10.3. The molecule has 0 bridgehead atoms. The largest absolute Gasteiger partial charge is 0.356 e. The van der Waals surface area contributed by atoms with Crippen LogP contribution >= 0.6 is 0 Å². The first-order chi connectivity index (χ1) is 8.78. The van der Waals surface area contributed by atoms with E-state index in [1.165, 1.54) is 0 Å². The number of anilines is 2. The van der Waals surface area contributed by atoms with Crippen molar-refractivity contribution in [2.24, 2.45) is 0 Å². The molecular formula is C16H15NO. The van der Waals surface area contributed by atoms with Crippen molar-refractivity contribution in [3.8, 4) is 0 Å². The lowest BCUT2D eigenvalue weighted by molar-refractivity contribution is -0.104. The molecule has 1 N–H and O–H groups in total. The second-order valence-electron chi connectivity index (χ2n) is 4.12. The minimum atomic E-state index is 0.721. The molecule has 0 aromatic heterocycles. The van der Waals surface area contributed by atoms with Crippen molar-refractivity contribution in [2.45, 2.75) is 6.92 Å². The van der Waals surface area contributed by atoms with Crippen LogP contribution in [0, 0.1) is 0 Å². The van der Waals surface area contributed by atoms with Gasteiger partial charge in [-0.3, -0.25) is 4.79 Å². The van der Waals surface area contributed by atoms with Gasteiger partial charge in [-0.15, -0.1) is 0 Å². The third kappa shape index (κ3) is 3.32. The Kier molecular flexibility index (Phi) is 3.92. The lowest BCUT2D eigenvalue weighted by Crippen LogP contribution is -1.89. The first-order valence-corrected chi connectivity index (χ1v) is 5.83. The van der Waals surface area contributed by atoms with Crippen LogP contribution in [0.5, 0.6) is 0 Å². The molecule has 0 aliphatic carbocycles. The summed E-state index contributed by atoms with van der Waals surface area (Å²) in [5.74, 6) is 0. The highest BCUT2D eigenvalue weighted by Gasteiger charge is 1.94. The summed E-state index contributed by atoms with van der Waals surface area (Å²) >= 11 is 0. The van der Waals surface area contributed by atoms with Gasteiger partial charge < -0.3 is 5.32 Å². The average Bonchev–Trinajstić information content (AvgIpc) is 2.42. The Labute approximate surface area is 107 Å². The number of allylic oxidation sites excluding steroid dienone is 1. The number of carbonyl (C=O) groups is 1. The van der Waals surface area contributed by atoms with Gasteiger partial charge in [-0.05, 0) is 48.4 Å². The SMILES string of the molecule is CC(C=O)=Cc1ccc(Nc2ccccc2)cc1. The van der Waals surface area contributed by atoms with Crippen molar-refractivity contribution < 1.29 is 4.79 Å². The second-order valence-corrected chi connectivity index (χ2v) is 4.12. The fourth-order valence-electron chi connectivity index (χ4n) is 1.65. The molecule has 0 heterocycles. The van der Waals surface area contributed by atoms with Crippen LogP contribution in [0.4, 0.5) is 11.4 Å². The van der Waals surface area contributed by atoms with Gasteiger partial charge in [-0.2, -0.15) is 0 Å². The lowest BCUT2D eigenvalue weighted by Gasteiger charge is -2.06. The van der Waals surface area contributed by atoms with E-state index in [2.05, 4.69) is 5.32 Å². The van der Waals surface area contributed by atoms with E-state index >= 15 is 0 Å². The van der Waals surface area contributed by atoms with E-state index in [-0.39, 0.29) is 0 Å². The number of aldehydes is 1. The van der Waals surface area contributed by atoms with Crippen molar-refractivity contribution in [3.05, 3.63) is 65.7 Å². The molecule has 0 saturated carbocycles. The summed E-state index contributed by atoms with van der Waals surface area (Å²) in [7, 11) is 0. The maximum atomic E-state index is 10.5. The zero-order valence-corrected chi connectivity index (χ0v) is 10.3. The molecule has 2 nitrogen and oxygen atoms in total.